The van der Waals surface area contributed by atoms with Crippen LogP contribution in [0.1, 0.15) is 274 Å². The minimum absolute atomic E-state index is 0.131. The van der Waals surface area contributed by atoms with Crippen LogP contribution < -0.4 is 30.1 Å². The third kappa shape index (κ3) is 25.4. The Kier molecular flexibility index (Phi) is 31.6. The van der Waals surface area contributed by atoms with Gasteiger partial charge in [-0.15, -0.1) is 0 Å². The number of benzene rings is 4. The second-order valence-electron chi connectivity index (χ2n) is 36.3. The number of halogens is 5. The van der Waals surface area contributed by atoms with Gasteiger partial charge >= 0.3 is 36.2 Å². The molecule has 10 aromatic rings. The summed E-state index contributed by atoms with van der Waals surface area (Å²) in [5.41, 5.74) is 4.86. The molecule has 686 valence electrons. The van der Waals surface area contributed by atoms with Crippen molar-refractivity contribution in [2.24, 2.45) is 0 Å². The first-order chi connectivity index (χ1) is 61.0. The highest BCUT2D eigenvalue weighted by Gasteiger charge is 2.36. The Morgan fingerprint density at radius 1 is 0.406 bits per heavy atom. The number of nitrogens with one attached hydrogen (secondary N) is 2. The molecule has 6 heterocycles. The lowest BCUT2D eigenvalue weighted by Crippen LogP contribution is -2.37. The molecule has 0 atom stereocenters. The topological polar surface area (TPSA) is 365 Å². The highest BCUT2D eigenvalue weighted by atomic mass is 19.2. The number of rotatable bonds is 28. The van der Waals surface area contributed by atoms with E-state index in [9.17, 15) is 66.0 Å². The number of carbonyl (C=O) groups excluding carboxylic acids is 3. The fourth-order valence-electron chi connectivity index (χ4n) is 16.3. The number of hydrogen-bond donors (Lipinski definition) is 5. The Morgan fingerprint density at radius 3 is 1.08 bits per heavy atom. The molecular weight excluding hydrogens is 1660 g/mol. The van der Waals surface area contributed by atoms with Crippen LogP contribution in [0.25, 0.3) is 33.5 Å². The number of ether oxygens (including phenoxy) is 4. The van der Waals surface area contributed by atoms with Crippen LogP contribution in [0.2, 0.25) is 0 Å². The Bertz CT molecular complexity index is 5490. The lowest BCUT2D eigenvalue weighted by atomic mass is 9.84. The molecule has 4 saturated carbocycles. The van der Waals surface area contributed by atoms with Crippen molar-refractivity contribution in [3.05, 3.63) is 154 Å². The summed E-state index contributed by atoms with van der Waals surface area (Å²) in [6.45, 7) is 17.5. The average Bonchev–Trinajstić information content (AvgIpc) is 1.51. The number of hydrogen-bond acceptors (Lipinski definition) is 21. The van der Waals surface area contributed by atoms with Gasteiger partial charge in [0.1, 0.15) is 36.4 Å². The van der Waals surface area contributed by atoms with Crippen molar-refractivity contribution in [1.82, 2.24) is 58.6 Å². The summed E-state index contributed by atoms with van der Waals surface area (Å²) in [7, 11) is 0. The van der Waals surface area contributed by atoms with Gasteiger partial charge in [-0.3, -0.25) is 14.4 Å². The monoisotopic (exact) mass is 1770 g/mol. The summed E-state index contributed by atoms with van der Waals surface area (Å²) in [5, 5.41) is 35.2. The van der Waals surface area contributed by atoms with Gasteiger partial charge in [-0.05, 0) is 171 Å². The van der Waals surface area contributed by atoms with Gasteiger partial charge in [0.2, 0.25) is 52.7 Å². The lowest BCUT2D eigenvalue weighted by molar-refractivity contribution is -0.138. The van der Waals surface area contributed by atoms with Crippen molar-refractivity contribution in [2.75, 3.05) is 31.9 Å². The first-order valence-electron chi connectivity index (χ1n) is 44.4. The number of carboxylic acid groups (broad SMARTS) is 3. The molecule has 0 radical (unpaired) electrons. The predicted octanol–water partition coefficient (Wildman–Crippen LogP) is 20.9. The summed E-state index contributed by atoms with van der Waals surface area (Å²) in [4.78, 5) is 119. The number of anilines is 5. The first-order valence-corrected chi connectivity index (χ1v) is 44.4. The number of nitrogens with zero attached hydrogens (tertiary/aromatic N) is 15. The SMILES string of the molecule is CC(C)(C)OC(=O)N(Cc1ccc(C2CCCCC2)cc1)c1nc(NC2CCCCC2)c2ncn(CC(=O)O)c2n1.CC(C)(C)OC(=O)N(Cc1ccc(C2CCCCC2)cc1)c1nc(Oc2c(F)c(F)c(F)c(F)c2F)c2ncn(CC(=O)O)c2n1.CCCCCCNc1nc(N(Cc2ccc(C3CCCCC3)cc2)C(=O)OC(C)(C)C)nc2c1ncn2CC(=O)O. The molecule has 128 heavy (non-hydrogen) atoms. The number of carbonyl (C=O) groups is 6. The van der Waals surface area contributed by atoms with Crippen LogP contribution in [-0.4, -0.2) is 139 Å². The molecule has 0 aliphatic heterocycles. The normalized spacial score (nSPS) is 15.0. The maximum atomic E-state index is 14.6. The highest BCUT2D eigenvalue weighted by molar-refractivity contribution is 5.93. The van der Waals surface area contributed by atoms with Crippen molar-refractivity contribution in [1.29, 1.82) is 0 Å². The number of aromatic nitrogens is 12. The number of amides is 3. The van der Waals surface area contributed by atoms with Crippen LogP contribution in [0.4, 0.5) is 65.8 Å². The summed E-state index contributed by atoms with van der Waals surface area (Å²) in [6.07, 6.45) is 29.9. The van der Waals surface area contributed by atoms with Crippen LogP contribution in [0.3, 0.4) is 0 Å². The molecule has 0 saturated heterocycles. The molecule has 35 heteroatoms. The Hall–Kier alpha value is -12.2. The zero-order chi connectivity index (χ0) is 91.7. The van der Waals surface area contributed by atoms with Crippen LogP contribution >= 0.6 is 0 Å². The average molecular weight is 1780 g/mol. The van der Waals surface area contributed by atoms with Gasteiger partial charge in [-0.1, -0.05) is 176 Å². The number of imidazole rings is 3. The van der Waals surface area contributed by atoms with Crippen molar-refractivity contribution < 1.29 is 85.0 Å². The Labute approximate surface area is 740 Å². The molecule has 6 aromatic heterocycles. The van der Waals surface area contributed by atoms with Crippen molar-refractivity contribution in [3.63, 3.8) is 0 Å². The number of unbranched alkanes of at least 4 members (excludes halogenated alkanes) is 3. The first kappa shape index (κ1) is 94.9. The molecule has 30 nitrogen and oxygen atoms in total. The summed E-state index contributed by atoms with van der Waals surface area (Å²) < 4.78 is 97.2. The van der Waals surface area contributed by atoms with E-state index in [1.807, 2.05) is 65.8 Å². The van der Waals surface area contributed by atoms with Gasteiger partial charge in [0.15, 0.2) is 45.1 Å². The lowest BCUT2D eigenvalue weighted by Gasteiger charge is -2.27. The Morgan fingerprint density at radius 2 is 0.727 bits per heavy atom. The van der Waals surface area contributed by atoms with Crippen molar-refractivity contribution >= 4 is 99.2 Å². The molecule has 0 spiro atoms. The fourth-order valence-corrected chi connectivity index (χ4v) is 16.3. The largest absolute Gasteiger partial charge is 0.480 e. The van der Waals surface area contributed by atoms with Crippen molar-refractivity contribution in [3.8, 4) is 11.6 Å². The molecule has 4 aliphatic carbocycles. The summed E-state index contributed by atoms with van der Waals surface area (Å²) in [5.74, 6) is -14.9. The van der Waals surface area contributed by atoms with Gasteiger partial charge in [0, 0.05) is 12.6 Å². The third-order valence-corrected chi connectivity index (χ3v) is 22.6. The number of fused-ring (bicyclic) bond motifs is 3. The number of carboxylic acids is 3. The van der Waals surface area contributed by atoms with E-state index in [0.717, 1.165) is 110 Å². The van der Waals surface area contributed by atoms with Gasteiger partial charge in [0.25, 0.3) is 5.88 Å². The van der Waals surface area contributed by atoms with E-state index in [2.05, 4.69) is 96.0 Å². The molecule has 0 unspecified atom stereocenters. The number of aliphatic carboxylic acids is 3. The molecule has 5 N–H and O–H groups in total. The maximum Gasteiger partial charge on any atom is 0.417 e. The second kappa shape index (κ2) is 42.6. The van der Waals surface area contributed by atoms with Gasteiger partial charge in [-0.25, -0.2) is 57.2 Å². The fraction of sp³-hybridized carbons (Fsp3) is 0.516. The predicted molar refractivity (Wildman–Crippen MR) is 472 cm³/mol. The van der Waals surface area contributed by atoms with Crippen LogP contribution in [-0.2, 0) is 67.9 Å². The summed E-state index contributed by atoms with van der Waals surface area (Å²) in [6, 6.07) is 24.7. The van der Waals surface area contributed by atoms with Crippen molar-refractivity contribution in [2.45, 2.75) is 303 Å². The van der Waals surface area contributed by atoms with Crippen LogP contribution in [0.5, 0.6) is 11.6 Å². The van der Waals surface area contributed by atoms with E-state index in [-0.39, 0.29) is 61.8 Å². The van der Waals surface area contributed by atoms with Gasteiger partial charge in [0.05, 0.1) is 38.6 Å². The molecule has 4 fully saturated rings. The molecule has 0 bridgehead atoms. The smallest absolute Gasteiger partial charge is 0.417 e. The molecule has 3 amide bonds. The van der Waals surface area contributed by atoms with E-state index in [4.69, 9.17) is 33.9 Å². The quantitative estimate of drug-likeness (QED) is 0.00999. The highest BCUT2D eigenvalue weighted by Crippen LogP contribution is 2.40. The van der Waals surface area contributed by atoms with E-state index in [1.54, 1.807) is 20.8 Å². The van der Waals surface area contributed by atoms with E-state index < -0.39 is 106 Å². The second-order valence-corrected chi connectivity index (χ2v) is 36.3. The van der Waals surface area contributed by atoms with Crippen LogP contribution in [0, 0.1) is 29.1 Å². The zero-order valence-electron chi connectivity index (χ0n) is 74.4. The summed E-state index contributed by atoms with van der Waals surface area (Å²) >= 11 is 0. The van der Waals surface area contributed by atoms with E-state index in [0.29, 0.717) is 63.8 Å². The van der Waals surface area contributed by atoms with E-state index >= 15 is 0 Å². The van der Waals surface area contributed by atoms with Gasteiger partial charge in [-0.2, -0.15) is 38.7 Å². The minimum atomic E-state index is -2.40. The maximum absolute atomic E-state index is 14.6. The minimum Gasteiger partial charge on any atom is -0.480 e. The third-order valence-electron chi connectivity index (χ3n) is 22.6. The van der Waals surface area contributed by atoms with E-state index in [1.165, 1.54) is 120 Å². The van der Waals surface area contributed by atoms with Gasteiger partial charge < -0.3 is 58.6 Å². The molecule has 4 aromatic carbocycles. The molecular formula is C93H116F5N17O13. The molecule has 4 aliphatic rings. The Balaban J connectivity index is 0.000000175. The zero-order valence-corrected chi connectivity index (χ0v) is 74.4. The standard InChI is InChI=1S/C31H30F5N5O5.C31H42N6O4.C31H44N6O4/c1-31(2,3)46-30(44)41(13-16-9-11-18(12-10-16)17-7-5-4-6-8-17)29-38-27-25(37-15-40(27)14-19(42)43)28(39-29)45-26-23(35)21(33)20(32)22(34)24(26)36;1-31(2,3)41-30(40)37(18-21-14-16-23(17-15-21)22-10-6-4-7-11-22)29-34-27(33-24-12-8-5-9-13-24)26-28(35-29)36(20-32-26)19-25(38)39;1-5-6-7-11-18-32-27-26-28(36(21-33-26)20-25(38)39)35-29(34-27)37(30(40)41-31(2,3)4)19-22-14-16-24(17-15-22)23-12-9-8-10-13-23/h9-12,15,17H,4-8,13-14H2,1-3H3,(H,42,43);14-17,20,22,24H,4-13,18-19H2,1-3H3,(H,38,39)(H,33,34,35);14-17,21,23H,5-13,18-20H2,1-4H3,(H,38,39)(H,32,34,35). The molecule has 14 rings (SSSR count). The van der Waals surface area contributed by atoms with Crippen LogP contribution in [0.15, 0.2) is 91.8 Å².